The van der Waals surface area contributed by atoms with E-state index < -0.39 is 11.9 Å². The first-order valence-electron chi connectivity index (χ1n) is 3.19. The Hall–Kier alpha value is -1.62. The van der Waals surface area contributed by atoms with Crippen LogP contribution >= 0.6 is 0 Å². The van der Waals surface area contributed by atoms with Gasteiger partial charge in [-0.2, -0.15) is 4.89 Å². The third-order valence-electron chi connectivity index (χ3n) is 0.700. The van der Waals surface area contributed by atoms with Crippen LogP contribution in [0.25, 0.3) is 0 Å². The molecule has 0 aliphatic carbocycles. The van der Waals surface area contributed by atoms with E-state index in [2.05, 4.69) is 27.7 Å². The Bertz CT molecular complexity index is 185. The Morgan fingerprint density at radius 1 is 1.08 bits per heavy atom. The maximum absolute atomic E-state index is 9.95. The first-order chi connectivity index (χ1) is 6.12. The fourth-order valence-electron chi connectivity index (χ4n) is 0.199. The highest BCUT2D eigenvalue weighted by Crippen LogP contribution is 1.74. The van der Waals surface area contributed by atoms with Crippen molar-refractivity contribution >= 4 is 11.9 Å². The van der Waals surface area contributed by atoms with E-state index in [9.17, 15) is 9.59 Å². The van der Waals surface area contributed by atoms with Crippen LogP contribution in [0.3, 0.4) is 0 Å². The second-order valence-electron chi connectivity index (χ2n) is 1.50. The molecule has 0 atom stereocenters. The van der Waals surface area contributed by atoms with Crippen LogP contribution in [-0.4, -0.2) is 26.2 Å². The lowest BCUT2D eigenvalue weighted by molar-refractivity contribution is -0.249. The Labute approximate surface area is 76.5 Å². The predicted molar refractivity (Wildman–Crippen MR) is 45.5 cm³/mol. The summed E-state index contributed by atoms with van der Waals surface area (Å²) < 4.78 is 4.14. The third-order valence-corrected chi connectivity index (χ3v) is 0.700. The minimum Gasteiger partial charge on any atom is -0.466 e. The van der Waals surface area contributed by atoms with Gasteiger partial charge in [0.15, 0.2) is 0 Å². The molecule has 0 saturated carbocycles. The van der Waals surface area contributed by atoms with Gasteiger partial charge in [0.2, 0.25) is 0 Å². The van der Waals surface area contributed by atoms with Crippen molar-refractivity contribution in [2.75, 3.05) is 14.2 Å². The average molecular weight is 188 g/mol. The summed E-state index contributed by atoms with van der Waals surface area (Å²) in [4.78, 5) is 27.7. The number of esters is 1. The maximum atomic E-state index is 9.95. The predicted octanol–water partition coefficient (Wildman–Crippen LogP) is 0.622. The van der Waals surface area contributed by atoms with Crippen LogP contribution < -0.4 is 0 Å². The minimum atomic E-state index is -0.581. The smallest absolute Gasteiger partial charge is 0.365 e. The van der Waals surface area contributed by atoms with Crippen molar-refractivity contribution in [2.24, 2.45) is 0 Å². The normalized spacial score (nSPS) is 7.23. The van der Waals surface area contributed by atoms with Crippen LogP contribution in [0.1, 0.15) is 0 Å². The Morgan fingerprint density at radius 3 is 1.62 bits per heavy atom. The molecule has 13 heavy (non-hydrogen) atoms. The number of carbonyl (C=O) groups is 2. The molecule has 0 aliphatic heterocycles. The number of hydrogen-bond acceptors (Lipinski definition) is 5. The van der Waals surface area contributed by atoms with Gasteiger partial charge in [0.05, 0.1) is 14.2 Å². The summed E-state index contributed by atoms with van der Waals surface area (Å²) >= 11 is 0. The molecular formula is C8H12O5. The summed E-state index contributed by atoms with van der Waals surface area (Å²) in [5, 5.41) is 0. The van der Waals surface area contributed by atoms with E-state index in [1.54, 1.807) is 0 Å². The third kappa shape index (κ3) is 13.4. The Morgan fingerprint density at radius 2 is 1.54 bits per heavy atom. The van der Waals surface area contributed by atoms with Crippen molar-refractivity contribution in [3.8, 4) is 0 Å². The van der Waals surface area contributed by atoms with Gasteiger partial charge < -0.3 is 4.74 Å². The number of methoxy groups -OCH3 is 1. The molecule has 5 nitrogen and oxygen atoms in total. The summed E-state index contributed by atoms with van der Waals surface area (Å²) in [6.45, 7) is 6.28. The van der Waals surface area contributed by atoms with Gasteiger partial charge >= 0.3 is 11.9 Å². The zero-order chi connectivity index (χ0) is 10.7. The zero-order valence-corrected chi connectivity index (χ0v) is 7.61. The molecule has 0 radical (unpaired) electrons. The van der Waals surface area contributed by atoms with E-state index in [-0.39, 0.29) is 0 Å². The second-order valence-corrected chi connectivity index (χ2v) is 1.50. The second kappa shape index (κ2) is 10.4. The van der Waals surface area contributed by atoms with Crippen molar-refractivity contribution in [2.45, 2.75) is 0 Å². The standard InChI is InChI=1S/C4H6O3.C4H6O2/c1-3-4(5)7-6-2;1-3-4(5)6-2/h3H,1H2,2H3;3H,1H2,2H3. The lowest BCUT2D eigenvalue weighted by Gasteiger charge is -1.88. The number of ether oxygens (including phenoxy) is 1. The minimum absolute atomic E-state index is 0.394. The van der Waals surface area contributed by atoms with Crippen LogP contribution in [0.5, 0.6) is 0 Å². The molecule has 0 aromatic heterocycles. The molecular weight excluding hydrogens is 176 g/mol. The van der Waals surface area contributed by atoms with Gasteiger partial charge in [-0.3, -0.25) is 4.89 Å². The van der Waals surface area contributed by atoms with Crippen LogP contribution in [-0.2, 0) is 24.1 Å². The zero-order valence-electron chi connectivity index (χ0n) is 7.61. The lowest BCUT2D eigenvalue weighted by Crippen LogP contribution is -1.96. The molecule has 0 aromatic rings. The molecule has 74 valence electrons. The van der Waals surface area contributed by atoms with Crippen molar-refractivity contribution in [3.63, 3.8) is 0 Å². The molecule has 0 N–H and O–H groups in total. The van der Waals surface area contributed by atoms with Gasteiger partial charge in [0.1, 0.15) is 0 Å². The highest BCUT2D eigenvalue weighted by atomic mass is 17.2. The van der Waals surface area contributed by atoms with Gasteiger partial charge in [0, 0.05) is 12.2 Å². The van der Waals surface area contributed by atoms with Gasteiger partial charge in [0.25, 0.3) is 0 Å². The van der Waals surface area contributed by atoms with E-state index in [4.69, 9.17) is 0 Å². The molecule has 0 unspecified atom stereocenters. The van der Waals surface area contributed by atoms with Gasteiger partial charge in [-0.15, -0.1) is 0 Å². The average Bonchev–Trinajstić information content (AvgIpc) is 2.18. The van der Waals surface area contributed by atoms with Gasteiger partial charge in [-0.25, -0.2) is 9.59 Å². The SMILES string of the molecule is C=CC(=O)OC.C=CC(=O)OOC. The summed E-state index contributed by atoms with van der Waals surface area (Å²) in [6.07, 6.45) is 2.13. The molecule has 0 saturated heterocycles. The van der Waals surface area contributed by atoms with Crippen molar-refractivity contribution in [1.29, 1.82) is 0 Å². The maximum Gasteiger partial charge on any atom is 0.365 e. The van der Waals surface area contributed by atoms with Crippen LogP contribution in [0, 0.1) is 0 Å². The largest absolute Gasteiger partial charge is 0.466 e. The lowest BCUT2D eigenvalue weighted by atomic mass is 10.7. The van der Waals surface area contributed by atoms with Crippen molar-refractivity contribution in [1.82, 2.24) is 0 Å². The van der Waals surface area contributed by atoms with E-state index in [0.717, 1.165) is 12.2 Å². The summed E-state index contributed by atoms with van der Waals surface area (Å²) in [6, 6.07) is 0. The molecule has 0 spiro atoms. The topological polar surface area (TPSA) is 61.8 Å². The fraction of sp³-hybridized carbons (Fsp3) is 0.250. The molecule has 0 aliphatic rings. The molecule has 0 aromatic carbocycles. The van der Waals surface area contributed by atoms with Crippen LogP contribution in [0.4, 0.5) is 0 Å². The monoisotopic (exact) mass is 188 g/mol. The highest BCUT2D eigenvalue weighted by molar-refractivity contribution is 5.81. The fourth-order valence-corrected chi connectivity index (χ4v) is 0.199. The Kier molecular flexibility index (Phi) is 11.1. The molecule has 0 bridgehead atoms. The van der Waals surface area contributed by atoms with Gasteiger partial charge in [-0.05, 0) is 0 Å². The summed E-state index contributed by atoms with van der Waals surface area (Å²) in [5.41, 5.74) is 0. The summed E-state index contributed by atoms with van der Waals surface area (Å²) in [5.74, 6) is -0.975. The molecule has 0 rings (SSSR count). The first-order valence-corrected chi connectivity index (χ1v) is 3.19. The van der Waals surface area contributed by atoms with Crippen molar-refractivity contribution in [3.05, 3.63) is 25.3 Å². The Balaban J connectivity index is 0. The quantitative estimate of drug-likeness (QED) is 0.281. The first kappa shape index (κ1) is 13.9. The molecule has 0 fully saturated rings. The van der Waals surface area contributed by atoms with E-state index in [1.807, 2.05) is 0 Å². The number of rotatable bonds is 3. The van der Waals surface area contributed by atoms with Crippen LogP contribution in [0.15, 0.2) is 25.3 Å². The highest BCUT2D eigenvalue weighted by Gasteiger charge is 1.88. The van der Waals surface area contributed by atoms with Crippen LogP contribution in [0.2, 0.25) is 0 Å². The van der Waals surface area contributed by atoms with Crippen molar-refractivity contribution < 1.29 is 24.1 Å². The van der Waals surface area contributed by atoms with E-state index >= 15 is 0 Å². The summed E-state index contributed by atoms with van der Waals surface area (Å²) in [7, 11) is 2.56. The number of hydrogen-bond donors (Lipinski definition) is 0. The van der Waals surface area contributed by atoms with E-state index in [1.165, 1.54) is 14.2 Å². The van der Waals surface area contributed by atoms with E-state index in [0.29, 0.717) is 0 Å². The molecule has 0 amide bonds. The van der Waals surface area contributed by atoms with Gasteiger partial charge in [-0.1, -0.05) is 13.2 Å². The molecule has 5 heteroatoms. The molecule has 0 heterocycles. The number of carbonyl (C=O) groups excluding carboxylic acids is 2.